The molecule has 1 amide bonds. The van der Waals surface area contributed by atoms with Gasteiger partial charge in [0.25, 0.3) is 5.91 Å². The monoisotopic (exact) mass is 337 g/mol. The summed E-state index contributed by atoms with van der Waals surface area (Å²) in [4.78, 5) is 21.2. The number of hydrogen-bond donors (Lipinski definition) is 0. The lowest BCUT2D eigenvalue weighted by atomic mass is 10.1. The van der Waals surface area contributed by atoms with E-state index in [0.717, 1.165) is 6.07 Å². The number of alkyl halides is 3. The van der Waals surface area contributed by atoms with Gasteiger partial charge in [0.15, 0.2) is 0 Å². The quantitative estimate of drug-likeness (QED) is 0.864. The zero-order valence-corrected chi connectivity index (χ0v) is 12.5. The third-order valence-electron chi connectivity index (χ3n) is 3.74. The van der Waals surface area contributed by atoms with Gasteiger partial charge in [0.2, 0.25) is 0 Å². The van der Waals surface area contributed by atoms with Crippen LogP contribution in [0.15, 0.2) is 43.0 Å². The Hall–Kier alpha value is -2.64. The molecule has 0 spiro atoms. The maximum absolute atomic E-state index is 13.0. The molecule has 1 aliphatic heterocycles. The number of halogens is 3. The topological polar surface area (TPSA) is 55.3 Å². The Morgan fingerprint density at radius 3 is 2.58 bits per heavy atom. The SMILES string of the molecule is O=C(c1ccncc1C(F)(F)F)N1CC[C@@H](Oc2ccncc2)C1. The molecule has 1 fully saturated rings. The van der Waals surface area contributed by atoms with E-state index in [2.05, 4.69) is 9.97 Å². The van der Waals surface area contributed by atoms with E-state index in [1.807, 2.05) is 0 Å². The summed E-state index contributed by atoms with van der Waals surface area (Å²) in [5, 5.41) is 0. The predicted molar refractivity (Wildman–Crippen MR) is 78.4 cm³/mol. The third kappa shape index (κ3) is 3.47. The largest absolute Gasteiger partial charge is 0.488 e. The molecule has 3 heterocycles. The van der Waals surface area contributed by atoms with Crippen LogP contribution in [0, 0.1) is 0 Å². The minimum atomic E-state index is -4.62. The summed E-state index contributed by atoms with van der Waals surface area (Å²) < 4.78 is 44.8. The second kappa shape index (κ2) is 6.46. The van der Waals surface area contributed by atoms with E-state index in [9.17, 15) is 18.0 Å². The summed E-state index contributed by atoms with van der Waals surface area (Å²) in [7, 11) is 0. The first-order valence-corrected chi connectivity index (χ1v) is 7.32. The molecule has 0 aromatic carbocycles. The number of amides is 1. The van der Waals surface area contributed by atoms with Gasteiger partial charge in [-0.25, -0.2) is 0 Å². The number of likely N-dealkylation sites (tertiary alicyclic amines) is 1. The fourth-order valence-corrected chi connectivity index (χ4v) is 2.60. The Bertz CT molecular complexity index is 722. The van der Waals surface area contributed by atoms with E-state index in [4.69, 9.17) is 4.74 Å². The lowest BCUT2D eigenvalue weighted by Crippen LogP contribution is -2.32. The summed E-state index contributed by atoms with van der Waals surface area (Å²) in [5.41, 5.74) is -1.41. The second-order valence-electron chi connectivity index (χ2n) is 5.38. The number of ether oxygens (including phenoxy) is 1. The fraction of sp³-hybridized carbons (Fsp3) is 0.312. The van der Waals surface area contributed by atoms with Gasteiger partial charge in [-0.15, -0.1) is 0 Å². The molecule has 1 atom stereocenters. The van der Waals surface area contributed by atoms with Gasteiger partial charge >= 0.3 is 6.18 Å². The van der Waals surface area contributed by atoms with E-state index in [1.165, 1.54) is 11.1 Å². The second-order valence-corrected chi connectivity index (χ2v) is 5.38. The normalized spacial score (nSPS) is 17.8. The zero-order valence-electron chi connectivity index (χ0n) is 12.5. The summed E-state index contributed by atoms with van der Waals surface area (Å²) in [6, 6.07) is 4.48. The summed E-state index contributed by atoms with van der Waals surface area (Å²) in [6.45, 7) is 0.578. The van der Waals surface area contributed by atoms with E-state index >= 15 is 0 Å². The summed E-state index contributed by atoms with van der Waals surface area (Å²) >= 11 is 0. The number of nitrogens with zero attached hydrogens (tertiary/aromatic N) is 3. The fourth-order valence-electron chi connectivity index (χ4n) is 2.60. The van der Waals surface area contributed by atoms with Crippen LogP contribution in [0.25, 0.3) is 0 Å². The molecule has 24 heavy (non-hydrogen) atoms. The molecule has 0 unspecified atom stereocenters. The maximum Gasteiger partial charge on any atom is 0.418 e. The lowest BCUT2D eigenvalue weighted by Gasteiger charge is -2.19. The van der Waals surface area contributed by atoms with Crippen molar-refractivity contribution in [1.82, 2.24) is 14.9 Å². The van der Waals surface area contributed by atoms with Gasteiger partial charge in [-0.3, -0.25) is 14.8 Å². The number of rotatable bonds is 3. The van der Waals surface area contributed by atoms with Crippen molar-refractivity contribution in [2.24, 2.45) is 0 Å². The van der Waals surface area contributed by atoms with Crippen molar-refractivity contribution in [3.8, 4) is 5.75 Å². The van der Waals surface area contributed by atoms with E-state index in [0.29, 0.717) is 24.9 Å². The van der Waals surface area contributed by atoms with Crippen molar-refractivity contribution < 1.29 is 22.7 Å². The minimum Gasteiger partial charge on any atom is -0.488 e. The highest BCUT2D eigenvalue weighted by Gasteiger charge is 2.38. The highest BCUT2D eigenvalue weighted by Crippen LogP contribution is 2.32. The average Bonchev–Trinajstić information content (AvgIpc) is 3.03. The average molecular weight is 337 g/mol. The van der Waals surface area contributed by atoms with Crippen LogP contribution in [0.5, 0.6) is 5.75 Å². The van der Waals surface area contributed by atoms with Gasteiger partial charge < -0.3 is 9.64 Å². The molecule has 2 aromatic rings. The Labute approximate surface area is 136 Å². The molecule has 0 N–H and O–H groups in total. The smallest absolute Gasteiger partial charge is 0.418 e. The molecular formula is C16H14F3N3O2. The minimum absolute atomic E-state index is 0.237. The van der Waals surface area contributed by atoms with Crippen LogP contribution in [0.4, 0.5) is 13.2 Å². The molecule has 3 rings (SSSR count). The number of aromatic nitrogens is 2. The van der Waals surface area contributed by atoms with E-state index < -0.39 is 17.6 Å². The van der Waals surface area contributed by atoms with Crippen LogP contribution in [-0.2, 0) is 6.18 Å². The Morgan fingerprint density at radius 2 is 1.88 bits per heavy atom. The van der Waals surface area contributed by atoms with Crippen molar-refractivity contribution in [2.45, 2.75) is 18.7 Å². The van der Waals surface area contributed by atoms with Crippen molar-refractivity contribution in [3.63, 3.8) is 0 Å². The summed E-state index contributed by atoms with van der Waals surface area (Å²) in [5.74, 6) is -0.0465. The van der Waals surface area contributed by atoms with E-state index in [-0.39, 0.29) is 18.2 Å². The highest BCUT2D eigenvalue weighted by atomic mass is 19.4. The van der Waals surface area contributed by atoms with Crippen molar-refractivity contribution in [2.75, 3.05) is 13.1 Å². The number of carbonyl (C=O) groups is 1. The Balaban J connectivity index is 1.71. The number of carbonyl (C=O) groups excluding carboxylic acids is 1. The van der Waals surface area contributed by atoms with Crippen molar-refractivity contribution in [1.29, 1.82) is 0 Å². The molecule has 0 bridgehead atoms. The highest BCUT2D eigenvalue weighted by molar-refractivity contribution is 5.96. The van der Waals surface area contributed by atoms with Crippen LogP contribution in [0.3, 0.4) is 0 Å². The molecule has 1 saturated heterocycles. The van der Waals surface area contributed by atoms with Gasteiger partial charge in [-0.05, 0) is 18.2 Å². The molecule has 0 radical (unpaired) electrons. The van der Waals surface area contributed by atoms with Gasteiger partial charge in [0.1, 0.15) is 11.9 Å². The molecule has 2 aromatic heterocycles. The molecule has 8 heteroatoms. The van der Waals surface area contributed by atoms with Crippen molar-refractivity contribution in [3.05, 3.63) is 54.1 Å². The third-order valence-corrected chi connectivity index (χ3v) is 3.74. The molecule has 126 valence electrons. The molecular weight excluding hydrogens is 323 g/mol. The van der Waals surface area contributed by atoms with Crippen LogP contribution < -0.4 is 4.74 Å². The van der Waals surface area contributed by atoms with Crippen LogP contribution in [0.1, 0.15) is 22.3 Å². The molecule has 0 saturated carbocycles. The molecule has 5 nitrogen and oxygen atoms in total. The van der Waals surface area contributed by atoms with Crippen LogP contribution in [0.2, 0.25) is 0 Å². The predicted octanol–water partition coefficient (Wildman–Crippen LogP) is 2.79. The Kier molecular flexibility index (Phi) is 4.37. The first-order valence-electron chi connectivity index (χ1n) is 7.32. The first kappa shape index (κ1) is 16.2. The zero-order chi connectivity index (χ0) is 17.2. The van der Waals surface area contributed by atoms with Crippen LogP contribution >= 0.6 is 0 Å². The number of hydrogen-bond acceptors (Lipinski definition) is 4. The van der Waals surface area contributed by atoms with Gasteiger partial charge in [0.05, 0.1) is 17.7 Å². The molecule has 0 aliphatic carbocycles. The Morgan fingerprint density at radius 1 is 1.17 bits per heavy atom. The first-order chi connectivity index (χ1) is 11.4. The van der Waals surface area contributed by atoms with E-state index in [1.54, 1.807) is 24.5 Å². The standard InChI is InChI=1S/C16H14F3N3O2/c17-16(18,19)14-9-21-7-3-13(14)15(23)22-8-4-12(10-22)24-11-1-5-20-6-2-11/h1-3,5-7,9,12H,4,8,10H2/t12-/m1/s1. The molecule has 1 aliphatic rings. The lowest BCUT2D eigenvalue weighted by molar-refractivity contribution is -0.138. The maximum atomic E-state index is 13.0. The number of pyridine rings is 2. The van der Waals surface area contributed by atoms with Gasteiger partial charge in [-0.1, -0.05) is 0 Å². The summed E-state index contributed by atoms with van der Waals surface area (Å²) in [6.07, 6.45) is 0.705. The van der Waals surface area contributed by atoms with Gasteiger partial charge in [-0.2, -0.15) is 13.2 Å². The van der Waals surface area contributed by atoms with Crippen LogP contribution in [-0.4, -0.2) is 40.0 Å². The van der Waals surface area contributed by atoms with Gasteiger partial charge in [0, 0.05) is 37.8 Å². The van der Waals surface area contributed by atoms with Crippen molar-refractivity contribution >= 4 is 5.91 Å².